The lowest BCUT2D eigenvalue weighted by Gasteiger charge is -2.38. The van der Waals surface area contributed by atoms with Gasteiger partial charge in [0.25, 0.3) is 11.6 Å². The number of piperazine rings is 1. The molecular weight excluding hydrogens is 394 g/mol. The van der Waals surface area contributed by atoms with Crippen molar-refractivity contribution < 1.29 is 14.5 Å². The average molecular weight is 420 g/mol. The monoisotopic (exact) mass is 419 g/mol. The number of nitro groups is 1. The molecule has 0 bridgehead atoms. The number of non-ortho nitro benzene ring substituents is 1. The molecular formula is C19H25N5O4S. The second-order valence-corrected chi connectivity index (χ2v) is 8.70. The summed E-state index contributed by atoms with van der Waals surface area (Å²) in [6.45, 7) is 4.42. The molecule has 29 heavy (non-hydrogen) atoms. The summed E-state index contributed by atoms with van der Waals surface area (Å²) in [5, 5.41) is 14.1. The second-order valence-electron chi connectivity index (χ2n) is 7.62. The fraction of sp³-hybridized carbons (Fsp3) is 0.579. The zero-order chi connectivity index (χ0) is 20.4. The van der Waals surface area contributed by atoms with Crippen molar-refractivity contribution in [2.45, 2.75) is 18.5 Å². The lowest BCUT2D eigenvalue weighted by Crippen LogP contribution is -2.52. The fourth-order valence-electron chi connectivity index (χ4n) is 4.19. The average Bonchev–Trinajstić information content (AvgIpc) is 3.45. The van der Waals surface area contributed by atoms with Crippen molar-refractivity contribution >= 4 is 29.3 Å². The summed E-state index contributed by atoms with van der Waals surface area (Å²) in [5.41, 5.74) is 0.456. The summed E-state index contributed by atoms with van der Waals surface area (Å²) in [6.07, 6.45) is 0.816. The van der Waals surface area contributed by atoms with E-state index in [4.69, 9.17) is 0 Å². The van der Waals surface area contributed by atoms with E-state index in [0.717, 1.165) is 44.2 Å². The number of thioether (sulfide) groups is 1. The molecule has 0 spiro atoms. The molecule has 1 aromatic carbocycles. The van der Waals surface area contributed by atoms with Gasteiger partial charge in [-0.05, 0) is 18.6 Å². The summed E-state index contributed by atoms with van der Waals surface area (Å²) in [6, 6.07) is 5.98. The van der Waals surface area contributed by atoms with Crippen LogP contribution < -0.4 is 5.32 Å². The van der Waals surface area contributed by atoms with Gasteiger partial charge < -0.3 is 15.1 Å². The number of carbonyl (C=O) groups excluding carboxylic acids is 2. The van der Waals surface area contributed by atoms with Crippen molar-refractivity contribution in [3.63, 3.8) is 0 Å². The van der Waals surface area contributed by atoms with Gasteiger partial charge >= 0.3 is 0 Å². The Bertz CT molecular complexity index is 775. The summed E-state index contributed by atoms with van der Waals surface area (Å²) in [5.74, 6) is 1.94. The Balaban J connectivity index is 1.27. The van der Waals surface area contributed by atoms with Gasteiger partial charge in [-0.2, -0.15) is 0 Å². The van der Waals surface area contributed by atoms with Crippen molar-refractivity contribution in [1.82, 2.24) is 20.0 Å². The van der Waals surface area contributed by atoms with E-state index in [-0.39, 0.29) is 23.5 Å². The van der Waals surface area contributed by atoms with Crippen LogP contribution in [0.3, 0.4) is 0 Å². The largest absolute Gasteiger partial charge is 0.336 e. The minimum atomic E-state index is -0.469. The highest BCUT2D eigenvalue weighted by Gasteiger charge is 2.37. The Morgan fingerprint density at radius 1 is 1.07 bits per heavy atom. The van der Waals surface area contributed by atoms with Crippen LogP contribution in [-0.2, 0) is 4.79 Å². The summed E-state index contributed by atoms with van der Waals surface area (Å²) < 4.78 is 0. The molecule has 2 amide bonds. The molecule has 0 unspecified atom stereocenters. The van der Waals surface area contributed by atoms with Crippen molar-refractivity contribution in [2.75, 3.05) is 50.9 Å². The normalized spacial score (nSPS) is 25.4. The molecule has 0 aliphatic carbocycles. The van der Waals surface area contributed by atoms with E-state index in [1.807, 2.05) is 4.90 Å². The standard InChI is InChI=1S/C19H25N5O4S/c25-18(14-1-3-15(4-2-14)24(27)28)22-7-5-21(6-8-22)16-11-17(20-12-16)19(26)23-9-10-29-13-23/h1-4,16-17,20H,5-13H2/t16-,17-/m0/s1. The molecule has 3 fully saturated rings. The molecule has 3 aliphatic heterocycles. The molecule has 0 radical (unpaired) electrons. The van der Waals surface area contributed by atoms with Crippen LogP contribution in [-0.4, -0.2) is 94.4 Å². The van der Waals surface area contributed by atoms with Crippen LogP contribution >= 0.6 is 11.8 Å². The first-order chi connectivity index (χ1) is 14.0. The van der Waals surface area contributed by atoms with E-state index in [9.17, 15) is 19.7 Å². The molecule has 156 valence electrons. The summed E-state index contributed by atoms with van der Waals surface area (Å²) in [7, 11) is 0. The molecule has 3 aliphatic rings. The maximum Gasteiger partial charge on any atom is 0.269 e. The van der Waals surface area contributed by atoms with E-state index in [0.29, 0.717) is 24.7 Å². The van der Waals surface area contributed by atoms with Gasteiger partial charge in [0.15, 0.2) is 0 Å². The molecule has 0 saturated carbocycles. The van der Waals surface area contributed by atoms with Crippen LogP contribution in [0, 0.1) is 10.1 Å². The molecule has 4 rings (SSSR count). The zero-order valence-corrected chi connectivity index (χ0v) is 17.0. The third kappa shape index (κ3) is 4.39. The van der Waals surface area contributed by atoms with E-state index >= 15 is 0 Å². The third-order valence-corrected chi connectivity index (χ3v) is 6.88. The van der Waals surface area contributed by atoms with E-state index in [2.05, 4.69) is 10.2 Å². The molecule has 3 heterocycles. The van der Waals surface area contributed by atoms with Gasteiger partial charge in [-0.1, -0.05) is 0 Å². The fourth-order valence-corrected chi connectivity index (χ4v) is 5.15. The number of nitro benzene ring substituents is 1. The number of rotatable bonds is 4. The number of nitrogens with zero attached hydrogens (tertiary/aromatic N) is 4. The quantitative estimate of drug-likeness (QED) is 0.564. The number of amides is 2. The molecule has 0 aromatic heterocycles. The first-order valence-electron chi connectivity index (χ1n) is 9.90. The molecule has 9 nitrogen and oxygen atoms in total. The Labute approximate surface area is 173 Å². The lowest BCUT2D eigenvalue weighted by atomic mass is 10.1. The highest BCUT2D eigenvalue weighted by molar-refractivity contribution is 7.99. The smallest absolute Gasteiger partial charge is 0.269 e. The number of hydrogen-bond acceptors (Lipinski definition) is 7. The molecule has 3 saturated heterocycles. The van der Waals surface area contributed by atoms with Crippen LogP contribution in [0.2, 0.25) is 0 Å². The molecule has 1 aromatic rings. The SMILES string of the molecule is O=C(c1ccc([N+](=O)[O-])cc1)N1CCN([C@@H]2CN[C@H](C(=O)N3CCSC3)C2)CC1. The topological polar surface area (TPSA) is 99.0 Å². The van der Waals surface area contributed by atoms with Crippen molar-refractivity contribution in [2.24, 2.45) is 0 Å². The highest BCUT2D eigenvalue weighted by atomic mass is 32.2. The number of nitrogens with one attached hydrogen (secondary N) is 1. The van der Waals surface area contributed by atoms with E-state index in [1.54, 1.807) is 16.7 Å². The van der Waals surface area contributed by atoms with E-state index in [1.165, 1.54) is 24.3 Å². The van der Waals surface area contributed by atoms with Crippen LogP contribution in [0.4, 0.5) is 5.69 Å². The van der Waals surface area contributed by atoms with Gasteiger partial charge in [-0.15, -0.1) is 11.8 Å². The second kappa shape index (κ2) is 8.68. The molecule has 2 atom stereocenters. The zero-order valence-electron chi connectivity index (χ0n) is 16.2. The predicted octanol–water partition coefficient (Wildman–Crippen LogP) is 0.616. The number of carbonyl (C=O) groups is 2. The summed E-state index contributed by atoms with van der Waals surface area (Å²) >= 11 is 1.80. The Morgan fingerprint density at radius 3 is 2.41 bits per heavy atom. The number of hydrogen-bond donors (Lipinski definition) is 1. The summed E-state index contributed by atoms with van der Waals surface area (Å²) in [4.78, 5) is 41.6. The van der Waals surface area contributed by atoms with Crippen LogP contribution in [0.15, 0.2) is 24.3 Å². The predicted molar refractivity (Wildman–Crippen MR) is 110 cm³/mol. The Kier molecular flexibility index (Phi) is 6.02. The molecule has 1 N–H and O–H groups in total. The lowest BCUT2D eigenvalue weighted by molar-refractivity contribution is -0.384. The maximum absolute atomic E-state index is 12.7. The van der Waals surface area contributed by atoms with Crippen LogP contribution in [0.5, 0.6) is 0 Å². The van der Waals surface area contributed by atoms with Crippen molar-refractivity contribution in [1.29, 1.82) is 0 Å². The van der Waals surface area contributed by atoms with Gasteiger partial charge in [0.1, 0.15) is 0 Å². The Morgan fingerprint density at radius 2 is 1.79 bits per heavy atom. The van der Waals surface area contributed by atoms with Gasteiger partial charge in [0, 0.05) is 68.8 Å². The van der Waals surface area contributed by atoms with Crippen molar-refractivity contribution in [3.05, 3.63) is 39.9 Å². The number of benzene rings is 1. The minimum absolute atomic E-state index is 0.0169. The first kappa shape index (κ1) is 20.1. The Hall–Kier alpha value is -2.17. The van der Waals surface area contributed by atoms with Gasteiger partial charge in [-0.3, -0.25) is 24.6 Å². The molecule has 10 heteroatoms. The highest BCUT2D eigenvalue weighted by Crippen LogP contribution is 2.21. The van der Waals surface area contributed by atoms with Crippen LogP contribution in [0.1, 0.15) is 16.8 Å². The third-order valence-electron chi connectivity index (χ3n) is 5.91. The first-order valence-corrected chi connectivity index (χ1v) is 11.1. The van der Waals surface area contributed by atoms with Gasteiger partial charge in [0.05, 0.1) is 16.8 Å². The van der Waals surface area contributed by atoms with E-state index < -0.39 is 4.92 Å². The van der Waals surface area contributed by atoms with Gasteiger partial charge in [-0.25, -0.2) is 0 Å². The van der Waals surface area contributed by atoms with Crippen LogP contribution in [0.25, 0.3) is 0 Å². The minimum Gasteiger partial charge on any atom is -0.336 e. The van der Waals surface area contributed by atoms with Gasteiger partial charge in [0.2, 0.25) is 5.91 Å². The maximum atomic E-state index is 12.7. The van der Waals surface area contributed by atoms with Crippen molar-refractivity contribution in [3.8, 4) is 0 Å².